The van der Waals surface area contributed by atoms with Crippen molar-refractivity contribution in [3.8, 4) is 0 Å². The van der Waals surface area contributed by atoms with E-state index in [-0.39, 0.29) is 11.6 Å². The van der Waals surface area contributed by atoms with Gasteiger partial charge in [0.25, 0.3) is 0 Å². The number of hydrogen-bond donors (Lipinski definition) is 2. The van der Waals surface area contributed by atoms with Crippen LogP contribution in [0.25, 0.3) is 11.0 Å². The second-order valence-electron chi connectivity index (χ2n) is 5.13. The fourth-order valence-electron chi connectivity index (χ4n) is 2.36. The van der Waals surface area contributed by atoms with Gasteiger partial charge < -0.3 is 5.32 Å². The molecule has 4 rings (SSSR count). The molecule has 0 fully saturated rings. The number of nitrogens with one attached hydrogen (secondary N) is 2. The largest absolute Gasteiger partial charge is 0.338 e. The Morgan fingerprint density at radius 3 is 2.62 bits per heavy atom. The summed E-state index contributed by atoms with van der Waals surface area (Å²) in [5.74, 6) is 0.395. The van der Waals surface area contributed by atoms with Crippen molar-refractivity contribution in [2.45, 2.75) is 0 Å². The summed E-state index contributed by atoms with van der Waals surface area (Å²) in [4.78, 5) is 21.3. The number of anilines is 2. The Labute approximate surface area is 137 Å². The van der Waals surface area contributed by atoms with Crippen molar-refractivity contribution < 1.29 is 4.79 Å². The topological polar surface area (TPSA) is 83.6 Å². The molecule has 0 atom stereocenters. The number of nitrogens with zero attached hydrogens (tertiary/aromatic N) is 3. The summed E-state index contributed by atoms with van der Waals surface area (Å²) >= 11 is 0. The number of rotatable bonds is 4. The molecule has 0 unspecified atom stereocenters. The van der Waals surface area contributed by atoms with Crippen molar-refractivity contribution in [3.05, 3.63) is 78.2 Å². The van der Waals surface area contributed by atoms with Crippen LogP contribution < -0.4 is 5.32 Å². The standard InChI is InChI=1S/C18H12N5O/c24-16(12-7-3-1-4-8-12)18-21-14-11-19-23-15(14)17(22-18)20-13-9-5-2-6-10-13/h1,3-11H,(H,19,23)(H,20,21,22). The highest BCUT2D eigenvalue weighted by Crippen LogP contribution is 2.22. The summed E-state index contributed by atoms with van der Waals surface area (Å²) in [5, 5.41) is 10.0. The second kappa shape index (κ2) is 5.92. The van der Waals surface area contributed by atoms with Crippen molar-refractivity contribution in [3.63, 3.8) is 0 Å². The van der Waals surface area contributed by atoms with Gasteiger partial charge in [-0.05, 0) is 18.2 Å². The maximum atomic E-state index is 12.6. The monoisotopic (exact) mass is 314 g/mol. The van der Waals surface area contributed by atoms with Gasteiger partial charge >= 0.3 is 0 Å². The zero-order valence-corrected chi connectivity index (χ0v) is 12.5. The Morgan fingerprint density at radius 1 is 1.04 bits per heavy atom. The molecular weight excluding hydrogens is 302 g/mol. The molecule has 0 saturated carbocycles. The van der Waals surface area contributed by atoms with Crippen LogP contribution in [0.2, 0.25) is 0 Å². The average Bonchev–Trinajstić information content (AvgIpc) is 3.11. The minimum atomic E-state index is -0.233. The number of aromatic amines is 1. The molecule has 0 aliphatic rings. The van der Waals surface area contributed by atoms with E-state index in [2.05, 4.69) is 31.5 Å². The van der Waals surface area contributed by atoms with E-state index in [1.807, 2.05) is 30.3 Å². The van der Waals surface area contributed by atoms with Crippen LogP contribution in [-0.4, -0.2) is 25.9 Å². The Morgan fingerprint density at radius 2 is 1.83 bits per heavy atom. The van der Waals surface area contributed by atoms with Crippen molar-refractivity contribution in [2.24, 2.45) is 0 Å². The molecule has 2 aromatic carbocycles. The van der Waals surface area contributed by atoms with Crippen LogP contribution in [0.3, 0.4) is 0 Å². The van der Waals surface area contributed by atoms with Crippen LogP contribution in [0.5, 0.6) is 0 Å². The first-order chi connectivity index (χ1) is 11.8. The molecule has 0 aliphatic heterocycles. The molecular formula is C18H12N5O. The lowest BCUT2D eigenvalue weighted by Gasteiger charge is -2.08. The molecule has 6 nitrogen and oxygen atoms in total. The molecule has 0 aliphatic carbocycles. The van der Waals surface area contributed by atoms with Gasteiger partial charge in [-0.25, -0.2) is 9.97 Å². The van der Waals surface area contributed by atoms with E-state index in [0.29, 0.717) is 22.4 Å². The normalized spacial score (nSPS) is 10.7. The van der Waals surface area contributed by atoms with Crippen LogP contribution in [0.1, 0.15) is 16.2 Å². The number of carbonyl (C=O) groups excluding carboxylic acids is 1. The molecule has 6 heteroatoms. The van der Waals surface area contributed by atoms with Gasteiger partial charge in [0.05, 0.1) is 6.20 Å². The van der Waals surface area contributed by atoms with Gasteiger partial charge in [-0.3, -0.25) is 9.89 Å². The van der Waals surface area contributed by atoms with E-state index in [9.17, 15) is 4.79 Å². The van der Waals surface area contributed by atoms with Crippen LogP contribution >= 0.6 is 0 Å². The van der Waals surface area contributed by atoms with Gasteiger partial charge in [0.2, 0.25) is 11.6 Å². The first-order valence-corrected chi connectivity index (χ1v) is 7.35. The molecule has 115 valence electrons. The van der Waals surface area contributed by atoms with Crippen molar-refractivity contribution >= 4 is 28.3 Å². The van der Waals surface area contributed by atoms with Crippen LogP contribution in [0, 0.1) is 6.07 Å². The van der Waals surface area contributed by atoms with Gasteiger partial charge in [-0.1, -0.05) is 42.5 Å². The third-order valence-electron chi connectivity index (χ3n) is 3.52. The zero-order valence-electron chi connectivity index (χ0n) is 12.5. The Kier molecular flexibility index (Phi) is 3.47. The molecule has 0 saturated heterocycles. The lowest BCUT2D eigenvalue weighted by molar-refractivity contribution is 0.103. The zero-order chi connectivity index (χ0) is 16.4. The van der Waals surface area contributed by atoms with E-state index in [4.69, 9.17) is 0 Å². The first kappa shape index (κ1) is 14.1. The maximum absolute atomic E-state index is 12.6. The van der Waals surface area contributed by atoms with Gasteiger partial charge in [0.1, 0.15) is 11.0 Å². The number of ketones is 1. The summed E-state index contributed by atoms with van der Waals surface area (Å²) < 4.78 is 0. The molecule has 0 spiro atoms. The van der Waals surface area contributed by atoms with E-state index in [0.717, 1.165) is 5.69 Å². The highest BCUT2D eigenvalue weighted by molar-refractivity contribution is 6.07. The Hall–Kier alpha value is -3.54. The van der Waals surface area contributed by atoms with Gasteiger partial charge in [-0.2, -0.15) is 5.10 Å². The Bertz CT molecular complexity index is 996. The summed E-state index contributed by atoms with van der Waals surface area (Å²) in [5.41, 5.74) is 2.60. The molecule has 0 bridgehead atoms. The number of hydrogen-bond acceptors (Lipinski definition) is 5. The predicted octanol–water partition coefficient (Wildman–Crippen LogP) is 3.13. The summed E-state index contributed by atoms with van der Waals surface area (Å²) in [6, 6.07) is 19.2. The maximum Gasteiger partial charge on any atom is 0.230 e. The number of carbonyl (C=O) groups is 1. The molecule has 0 amide bonds. The molecule has 2 aromatic heterocycles. The smallest absolute Gasteiger partial charge is 0.230 e. The minimum Gasteiger partial charge on any atom is -0.338 e. The Balaban J connectivity index is 1.79. The minimum absolute atomic E-state index is 0.125. The number of aromatic nitrogens is 4. The van der Waals surface area contributed by atoms with E-state index >= 15 is 0 Å². The third kappa shape index (κ3) is 2.61. The predicted molar refractivity (Wildman–Crippen MR) is 90.1 cm³/mol. The third-order valence-corrected chi connectivity index (χ3v) is 3.52. The van der Waals surface area contributed by atoms with E-state index in [1.54, 1.807) is 30.5 Å². The summed E-state index contributed by atoms with van der Waals surface area (Å²) in [7, 11) is 0. The van der Waals surface area contributed by atoms with Crippen molar-refractivity contribution in [1.29, 1.82) is 0 Å². The van der Waals surface area contributed by atoms with Gasteiger partial charge in [-0.15, -0.1) is 0 Å². The average molecular weight is 314 g/mol. The second-order valence-corrected chi connectivity index (χ2v) is 5.13. The van der Waals surface area contributed by atoms with Gasteiger partial charge in [0.15, 0.2) is 5.82 Å². The lowest BCUT2D eigenvalue weighted by Crippen LogP contribution is -2.09. The van der Waals surface area contributed by atoms with Gasteiger partial charge in [0, 0.05) is 11.3 Å². The van der Waals surface area contributed by atoms with Crippen LogP contribution in [-0.2, 0) is 0 Å². The van der Waals surface area contributed by atoms with E-state index in [1.165, 1.54) is 0 Å². The quantitative estimate of drug-likeness (QED) is 0.565. The highest BCUT2D eigenvalue weighted by Gasteiger charge is 2.16. The number of H-pyrrole nitrogens is 1. The molecule has 24 heavy (non-hydrogen) atoms. The van der Waals surface area contributed by atoms with Crippen LogP contribution in [0.15, 0.2) is 60.8 Å². The highest BCUT2D eigenvalue weighted by atomic mass is 16.1. The fraction of sp³-hybridized carbons (Fsp3) is 0. The molecule has 2 N–H and O–H groups in total. The molecule has 1 radical (unpaired) electrons. The number of fused-ring (bicyclic) bond motifs is 1. The summed E-state index contributed by atoms with van der Waals surface area (Å²) in [6.45, 7) is 0. The fourth-order valence-corrected chi connectivity index (χ4v) is 2.36. The first-order valence-electron chi connectivity index (χ1n) is 7.35. The lowest BCUT2D eigenvalue weighted by atomic mass is 10.1. The van der Waals surface area contributed by atoms with E-state index < -0.39 is 0 Å². The van der Waals surface area contributed by atoms with Crippen molar-refractivity contribution in [2.75, 3.05) is 5.32 Å². The molecule has 4 aromatic rings. The number of benzene rings is 2. The molecule has 2 heterocycles. The van der Waals surface area contributed by atoms with Crippen LogP contribution in [0.4, 0.5) is 11.5 Å². The SMILES string of the molecule is O=C(c1ccccc1)c1nc(Nc2cc[c]cc2)c2[nH]ncc2n1. The van der Waals surface area contributed by atoms with Crippen molar-refractivity contribution in [1.82, 2.24) is 20.2 Å². The summed E-state index contributed by atoms with van der Waals surface area (Å²) in [6.07, 6.45) is 1.57.